The zero-order chi connectivity index (χ0) is 10.1. The van der Waals surface area contributed by atoms with Gasteiger partial charge in [-0.2, -0.15) is 0 Å². The van der Waals surface area contributed by atoms with Crippen molar-refractivity contribution in [2.75, 3.05) is 6.54 Å². The van der Waals surface area contributed by atoms with Crippen molar-refractivity contribution in [2.45, 2.75) is 31.7 Å². The van der Waals surface area contributed by atoms with Gasteiger partial charge >= 0.3 is 0 Å². The molecule has 4 rings (SSSR count). The van der Waals surface area contributed by atoms with Gasteiger partial charge in [0.1, 0.15) is 0 Å². The second-order valence-electron chi connectivity index (χ2n) is 5.08. The van der Waals surface area contributed by atoms with Crippen LogP contribution in [0.2, 0.25) is 0 Å². The molecule has 0 radical (unpaired) electrons. The predicted octanol–water partition coefficient (Wildman–Crippen LogP) is 3.14. The first-order chi connectivity index (χ1) is 7.43. The molecule has 0 amide bonds. The summed E-state index contributed by atoms with van der Waals surface area (Å²) >= 11 is 0. The van der Waals surface area contributed by atoms with Gasteiger partial charge < -0.3 is 5.32 Å². The topological polar surface area (TPSA) is 12.0 Å². The van der Waals surface area contributed by atoms with Crippen LogP contribution in [0.3, 0.4) is 0 Å². The molecule has 1 saturated carbocycles. The van der Waals surface area contributed by atoms with Gasteiger partial charge in [-0.15, -0.1) is 0 Å². The SMILES string of the molecule is c1ccc(C2NCC3CCC2CC3)cc1. The highest BCUT2D eigenvalue weighted by atomic mass is 14.9. The quantitative estimate of drug-likeness (QED) is 0.736. The van der Waals surface area contributed by atoms with E-state index in [4.69, 9.17) is 0 Å². The highest BCUT2D eigenvalue weighted by Crippen LogP contribution is 2.39. The molecule has 1 N–H and O–H groups in total. The van der Waals surface area contributed by atoms with Crippen molar-refractivity contribution in [2.24, 2.45) is 11.8 Å². The minimum Gasteiger partial charge on any atom is -0.309 e. The van der Waals surface area contributed by atoms with Crippen LogP contribution in [0.15, 0.2) is 30.3 Å². The third kappa shape index (κ3) is 1.81. The van der Waals surface area contributed by atoms with Gasteiger partial charge in [-0.05, 0) is 49.6 Å². The van der Waals surface area contributed by atoms with Crippen LogP contribution in [0, 0.1) is 11.8 Å². The highest BCUT2D eigenvalue weighted by Gasteiger charge is 2.32. The van der Waals surface area contributed by atoms with Gasteiger partial charge in [0.05, 0.1) is 0 Å². The Bertz CT molecular complexity index is 311. The van der Waals surface area contributed by atoms with Crippen LogP contribution in [-0.2, 0) is 0 Å². The van der Waals surface area contributed by atoms with Gasteiger partial charge in [0.25, 0.3) is 0 Å². The molecule has 1 atom stereocenters. The summed E-state index contributed by atoms with van der Waals surface area (Å²) in [6.07, 6.45) is 5.75. The molecular formula is C14H19N. The van der Waals surface area contributed by atoms with Gasteiger partial charge in [0.2, 0.25) is 0 Å². The van der Waals surface area contributed by atoms with E-state index < -0.39 is 0 Å². The normalized spacial score (nSPS) is 35.1. The maximum atomic E-state index is 3.76. The summed E-state index contributed by atoms with van der Waals surface area (Å²) in [5.74, 6) is 1.83. The van der Waals surface area contributed by atoms with Crippen molar-refractivity contribution < 1.29 is 0 Å². The number of benzene rings is 1. The fraction of sp³-hybridized carbons (Fsp3) is 0.571. The first kappa shape index (κ1) is 9.41. The molecule has 2 aliphatic heterocycles. The lowest BCUT2D eigenvalue weighted by molar-refractivity contribution is 0.293. The molecule has 80 valence electrons. The van der Waals surface area contributed by atoms with Crippen LogP contribution in [0.5, 0.6) is 0 Å². The van der Waals surface area contributed by atoms with E-state index in [1.807, 2.05) is 0 Å². The van der Waals surface area contributed by atoms with Crippen molar-refractivity contribution in [3.63, 3.8) is 0 Å². The predicted molar refractivity (Wildman–Crippen MR) is 62.6 cm³/mol. The molecular weight excluding hydrogens is 182 g/mol. The summed E-state index contributed by atoms with van der Waals surface area (Å²) in [7, 11) is 0. The molecule has 1 heteroatoms. The van der Waals surface area contributed by atoms with Crippen LogP contribution in [0.25, 0.3) is 0 Å². The molecule has 1 unspecified atom stereocenters. The Labute approximate surface area is 91.9 Å². The first-order valence-corrected chi connectivity index (χ1v) is 6.22. The largest absolute Gasteiger partial charge is 0.309 e. The van der Waals surface area contributed by atoms with E-state index >= 15 is 0 Å². The van der Waals surface area contributed by atoms with Crippen LogP contribution in [0.1, 0.15) is 37.3 Å². The summed E-state index contributed by atoms with van der Waals surface area (Å²) in [4.78, 5) is 0. The van der Waals surface area contributed by atoms with E-state index in [2.05, 4.69) is 35.6 Å². The van der Waals surface area contributed by atoms with Crippen LogP contribution in [-0.4, -0.2) is 6.54 Å². The van der Waals surface area contributed by atoms with Crippen molar-refractivity contribution in [3.8, 4) is 0 Å². The molecule has 1 aromatic rings. The van der Waals surface area contributed by atoms with Crippen molar-refractivity contribution in [3.05, 3.63) is 35.9 Å². The monoisotopic (exact) mass is 201 g/mol. The van der Waals surface area contributed by atoms with Gasteiger partial charge in [-0.25, -0.2) is 0 Å². The van der Waals surface area contributed by atoms with E-state index in [0.29, 0.717) is 6.04 Å². The molecule has 3 fully saturated rings. The van der Waals surface area contributed by atoms with Gasteiger partial charge in [-0.3, -0.25) is 0 Å². The van der Waals surface area contributed by atoms with E-state index in [0.717, 1.165) is 11.8 Å². The molecule has 1 aliphatic carbocycles. The zero-order valence-electron chi connectivity index (χ0n) is 9.15. The smallest absolute Gasteiger partial charge is 0.0348 e. The number of hydrogen-bond acceptors (Lipinski definition) is 1. The Morgan fingerprint density at radius 2 is 1.67 bits per heavy atom. The van der Waals surface area contributed by atoms with Crippen LogP contribution < -0.4 is 5.32 Å². The number of fused-ring (bicyclic) bond motifs is 4. The van der Waals surface area contributed by atoms with Crippen molar-refractivity contribution in [1.29, 1.82) is 0 Å². The minimum atomic E-state index is 0.624. The number of hydrogen-bond donors (Lipinski definition) is 1. The Morgan fingerprint density at radius 1 is 0.933 bits per heavy atom. The second kappa shape index (κ2) is 3.97. The molecule has 0 spiro atoms. The molecule has 2 heterocycles. The summed E-state index contributed by atoms with van der Waals surface area (Å²) in [5.41, 5.74) is 1.49. The lowest BCUT2D eigenvalue weighted by Crippen LogP contribution is -2.25. The third-order valence-corrected chi connectivity index (χ3v) is 4.15. The maximum Gasteiger partial charge on any atom is 0.0348 e. The van der Waals surface area contributed by atoms with Crippen molar-refractivity contribution >= 4 is 0 Å². The van der Waals surface area contributed by atoms with E-state index in [9.17, 15) is 0 Å². The van der Waals surface area contributed by atoms with Gasteiger partial charge in [0.15, 0.2) is 0 Å². The fourth-order valence-electron chi connectivity index (χ4n) is 3.24. The van der Waals surface area contributed by atoms with E-state index in [1.165, 1.54) is 37.8 Å². The molecule has 2 saturated heterocycles. The fourth-order valence-corrected chi connectivity index (χ4v) is 3.24. The van der Waals surface area contributed by atoms with E-state index in [-0.39, 0.29) is 0 Å². The Morgan fingerprint density at radius 3 is 2.40 bits per heavy atom. The number of rotatable bonds is 1. The average molecular weight is 201 g/mol. The summed E-state index contributed by atoms with van der Waals surface area (Å²) < 4.78 is 0. The molecule has 1 nitrogen and oxygen atoms in total. The highest BCUT2D eigenvalue weighted by molar-refractivity contribution is 5.20. The van der Waals surface area contributed by atoms with Gasteiger partial charge in [0, 0.05) is 6.04 Å². The van der Waals surface area contributed by atoms with Gasteiger partial charge in [-0.1, -0.05) is 30.3 Å². The number of nitrogens with one attached hydrogen (secondary N) is 1. The Kier molecular flexibility index (Phi) is 2.49. The summed E-state index contributed by atoms with van der Waals surface area (Å²) in [5, 5.41) is 3.76. The Hall–Kier alpha value is -0.820. The lowest BCUT2D eigenvalue weighted by atomic mass is 9.79. The average Bonchev–Trinajstić information content (AvgIpc) is 2.63. The third-order valence-electron chi connectivity index (χ3n) is 4.15. The summed E-state index contributed by atoms with van der Waals surface area (Å²) in [6, 6.07) is 11.6. The molecule has 1 aromatic carbocycles. The molecule has 2 bridgehead atoms. The zero-order valence-corrected chi connectivity index (χ0v) is 9.15. The van der Waals surface area contributed by atoms with Crippen LogP contribution >= 0.6 is 0 Å². The minimum absolute atomic E-state index is 0.624. The molecule has 0 aromatic heterocycles. The summed E-state index contributed by atoms with van der Waals surface area (Å²) in [6.45, 7) is 1.23. The molecule has 3 aliphatic rings. The van der Waals surface area contributed by atoms with E-state index in [1.54, 1.807) is 0 Å². The standard InChI is InChI=1S/C14H19N/c1-2-4-12(5-3-1)14-13-8-6-11(7-9-13)10-15-14/h1-5,11,13-15H,6-10H2. The van der Waals surface area contributed by atoms with Crippen molar-refractivity contribution in [1.82, 2.24) is 5.32 Å². The second-order valence-corrected chi connectivity index (χ2v) is 5.08. The molecule has 15 heavy (non-hydrogen) atoms. The Balaban J connectivity index is 1.86. The first-order valence-electron chi connectivity index (χ1n) is 6.22. The lowest BCUT2D eigenvalue weighted by Gasteiger charge is -2.27. The van der Waals surface area contributed by atoms with Crippen LogP contribution in [0.4, 0.5) is 0 Å². The maximum absolute atomic E-state index is 3.76.